The average Bonchev–Trinajstić information content (AvgIpc) is 3.11. The van der Waals surface area contributed by atoms with Crippen LogP contribution in [0.3, 0.4) is 0 Å². The highest BCUT2D eigenvalue weighted by molar-refractivity contribution is 5.92. The maximum Gasteiger partial charge on any atom is 0.275 e. The van der Waals surface area contributed by atoms with Crippen molar-refractivity contribution in [2.24, 2.45) is 0 Å². The van der Waals surface area contributed by atoms with Gasteiger partial charge in [0.1, 0.15) is 12.1 Å². The van der Waals surface area contributed by atoms with Crippen molar-refractivity contribution >= 4 is 5.91 Å². The van der Waals surface area contributed by atoms with E-state index in [1.54, 1.807) is 12.1 Å². The molecule has 0 unspecified atom stereocenters. The van der Waals surface area contributed by atoms with Crippen LogP contribution in [0.1, 0.15) is 55.1 Å². The van der Waals surface area contributed by atoms with Crippen molar-refractivity contribution in [1.29, 1.82) is 0 Å². The average molecular weight is 359 g/mol. The van der Waals surface area contributed by atoms with Gasteiger partial charge in [0.2, 0.25) is 5.89 Å². The largest absolute Gasteiger partial charge is 0.447 e. The summed E-state index contributed by atoms with van der Waals surface area (Å²) < 4.78 is 19.5. The highest BCUT2D eigenvalue weighted by Crippen LogP contribution is 2.17. The first-order valence-corrected chi connectivity index (χ1v) is 9.25. The molecule has 1 aliphatic rings. The van der Waals surface area contributed by atoms with Gasteiger partial charge in [-0.25, -0.2) is 9.37 Å². The number of carbonyl (C=O) groups excluding carboxylic acids is 1. The number of carbonyl (C=O) groups is 1. The van der Waals surface area contributed by atoms with Crippen molar-refractivity contribution in [2.45, 2.75) is 52.2 Å². The standard InChI is InChI=1S/C20H26FN3O2/c1-15(2)24(12-16-8-4-5-9-17(16)21)13-19-22-18(14-26-19)20(25)23-10-6-3-7-11-23/h4-5,8-9,14-15H,3,6-7,10-13H2,1-2H3. The van der Waals surface area contributed by atoms with Gasteiger partial charge in [-0.15, -0.1) is 0 Å². The Hall–Kier alpha value is -2.21. The Labute approximate surface area is 153 Å². The maximum atomic E-state index is 14.0. The van der Waals surface area contributed by atoms with Gasteiger partial charge < -0.3 is 9.32 Å². The maximum absolute atomic E-state index is 14.0. The van der Waals surface area contributed by atoms with E-state index in [4.69, 9.17) is 4.42 Å². The smallest absolute Gasteiger partial charge is 0.275 e. The van der Waals surface area contributed by atoms with Crippen LogP contribution in [0.2, 0.25) is 0 Å². The molecule has 6 heteroatoms. The van der Waals surface area contributed by atoms with E-state index in [2.05, 4.69) is 9.88 Å². The molecule has 1 aromatic carbocycles. The first kappa shape index (κ1) is 18.6. The summed E-state index contributed by atoms with van der Waals surface area (Å²) in [4.78, 5) is 20.8. The SMILES string of the molecule is CC(C)N(Cc1nc(C(=O)N2CCCCC2)co1)Cc1ccccc1F. The summed E-state index contributed by atoms with van der Waals surface area (Å²) in [6.07, 6.45) is 4.70. The number of benzene rings is 1. The molecule has 26 heavy (non-hydrogen) atoms. The second kappa shape index (κ2) is 8.45. The fraction of sp³-hybridized carbons (Fsp3) is 0.500. The predicted molar refractivity (Wildman–Crippen MR) is 97.0 cm³/mol. The second-order valence-electron chi connectivity index (χ2n) is 7.07. The van der Waals surface area contributed by atoms with Crippen LogP contribution in [0.4, 0.5) is 4.39 Å². The fourth-order valence-electron chi connectivity index (χ4n) is 3.18. The summed E-state index contributed by atoms with van der Waals surface area (Å²) in [5, 5.41) is 0. The van der Waals surface area contributed by atoms with Gasteiger partial charge >= 0.3 is 0 Å². The molecule has 0 aliphatic carbocycles. The van der Waals surface area contributed by atoms with Crippen LogP contribution in [0.5, 0.6) is 0 Å². The lowest BCUT2D eigenvalue weighted by Gasteiger charge is -2.26. The molecule has 3 rings (SSSR count). The Morgan fingerprint density at radius 2 is 1.96 bits per heavy atom. The molecule has 140 valence electrons. The number of hydrogen-bond donors (Lipinski definition) is 0. The minimum absolute atomic E-state index is 0.0649. The number of amides is 1. The Morgan fingerprint density at radius 3 is 2.65 bits per heavy atom. The Kier molecular flexibility index (Phi) is 6.04. The molecule has 1 aliphatic heterocycles. The van der Waals surface area contributed by atoms with Gasteiger partial charge in [0.25, 0.3) is 5.91 Å². The monoisotopic (exact) mass is 359 g/mol. The molecule has 5 nitrogen and oxygen atoms in total. The molecular weight excluding hydrogens is 333 g/mol. The van der Waals surface area contributed by atoms with Crippen molar-refractivity contribution in [2.75, 3.05) is 13.1 Å². The first-order chi connectivity index (χ1) is 12.5. The summed E-state index contributed by atoms with van der Waals surface area (Å²) in [7, 11) is 0. The summed E-state index contributed by atoms with van der Waals surface area (Å²) in [5.41, 5.74) is 0.994. The summed E-state index contributed by atoms with van der Waals surface area (Å²) in [6, 6.07) is 6.95. The van der Waals surface area contributed by atoms with Gasteiger partial charge in [-0.05, 0) is 39.2 Å². The van der Waals surface area contributed by atoms with Crippen LogP contribution >= 0.6 is 0 Å². The zero-order chi connectivity index (χ0) is 18.5. The molecule has 1 saturated heterocycles. The lowest BCUT2D eigenvalue weighted by molar-refractivity contribution is 0.0718. The van der Waals surface area contributed by atoms with Gasteiger partial charge in [-0.3, -0.25) is 9.69 Å². The fourth-order valence-corrected chi connectivity index (χ4v) is 3.18. The molecule has 2 heterocycles. The number of piperidine rings is 1. The van der Waals surface area contributed by atoms with Crippen molar-refractivity contribution in [3.63, 3.8) is 0 Å². The topological polar surface area (TPSA) is 49.6 Å². The van der Waals surface area contributed by atoms with Gasteiger partial charge in [0.05, 0.1) is 6.54 Å². The van der Waals surface area contributed by atoms with E-state index in [-0.39, 0.29) is 17.8 Å². The zero-order valence-corrected chi connectivity index (χ0v) is 15.4. The number of rotatable bonds is 6. The number of likely N-dealkylation sites (tertiary alicyclic amines) is 1. The number of halogens is 1. The van der Waals surface area contributed by atoms with Crippen molar-refractivity contribution in [1.82, 2.24) is 14.8 Å². The third kappa shape index (κ3) is 4.49. The van der Waals surface area contributed by atoms with Gasteiger partial charge in [-0.2, -0.15) is 0 Å². The molecule has 1 fully saturated rings. The molecular formula is C20H26FN3O2. The Bertz CT molecular complexity index is 738. The van der Waals surface area contributed by atoms with Crippen LogP contribution < -0.4 is 0 Å². The van der Waals surface area contributed by atoms with Crippen LogP contribution in [0.25, 0.3) is 0 Å². The summed E-state index contributed by atoms with van der Waals surface area (Å²) in [6.45, 7) is 6.55. The van der Waals surface area contributed by atoms with Gasteiger partial charge in [0.15, 0.2) is 5.69 Å². The van der Waals surface area contributed by atoms with Gasteiger partial charge in [-0.1, -0.05) is 18.2 Å². The van der Waals surface area contributed by atoms with E-state index in [0.29, 0.717) is 30.2 Å². The molecule has 0 N–H and O–H groups in total. The summed E-state index contributed by atoms with van der Waals surface area (Å²) in [5.74, 6) is 0.201. The number of hydrogen-bond acceptors (Lipinski definition) is 4. The molecule has 1 amide bonds. The quantitative estimate of drug-likeness (QED) is 0.786. The number of aromatic nitrogens is 1. The van der Waals surface area contributed by atoms with Crippen molar-refractivity contribution in [3.05, 3.63) is 53.5 Å². The van der Waals surface area contributed by atoms with E-state index in [9.17, 15) is 9.18 Å². The van der Waals surface area contributed by atoms with E-state index < -0.39 is 0 Å². The molecule has 2 aromatic rings. The van der Waals surface area contributed by atoms with Crippen LogP contribution in [-0.2, 0) is 13.1 Å². The second-order valence-corrected chi connectivity index (χ2v) is 7.07. The summed E-state index contributed by atoms with van der Waals surface area (Å²) >= 11 is 0. The molecule has 0 radical (unpaired) electrons. The van der Waals surface area contributed by atoms with Gasteiger partial charge in [0, 0.05) is 31.2 Å². The third-order valence-electron chi connectivity index (χ3n) is 4.81. The van der Waals surface area contributed by atoms with E-state index in [0.717, 1.165) is 25.9 Å². The third-order valence-corrected chi connectivity index (χ3v) is 4.81. The zero-order valence-electron chi connectivity index (χ0n) is 15.4. The van der Waals surface area contributed by atoms with Crippen LogP contribution in [-0.4, -0.2) is 39.8 Å². The van der Waals surface area contributed by atoms with E-state index in [1.165, 1.54) is 18.8 Å². The molecule has 0 spiro atoms. The molecule has 0 saturated carbocycles. The van der Waals surface area contributed by atoms with Crippen LogP contribution in [0, 0.1) is 5.82 Å². The normalized spacial score (nSPS) is 15.0. The lowest BCUT2D eigenvalue weighted by Crippen LogP contribution is -2.35. The number of oxazole rings is 1. The predicted octanol–water partition coefficient (Wildman–Crippen LogP) is 3.85. The highest BCUT2D eigenvalue weighted by Gasteiger charge is 2.22. The van der Waals surface area contributed by atoms with Crippen LogP contribution in [0.15, 0.2) is 34.9 Å². The molecule has 0 atom stereocenters. The number of nitrogens with zero attached hydrogens (tertiary/aromatic N) is 3. The van der Waals surface area contributed by atoms with E-state index >= 15 is 0 Å². The minimum atomic E-state index is -0.216. The minimum Gasteiger partial charge on any atom is -0.447 e. The first-order valence-electron chi connectivity index (χ1n) is 9.25. The molecule has 1 aromatic heterocycles. The highest BCUT2D eigenvalue weighted by atomic mass is 19.1. The Balaban J connectivity index is 1.67. The lowest BCUT2D eigenvalue weighted by atomic mass is 10.1. The van der Waals surface area contributed by atoms with Crippen molar-refractivity contribution in [3.8, 4) is 0 Å². The molecule has 0 bridgehead atoms. The Morgan fingerprint density at radius 1 is 1.23 bits per heavy atom. The van der Waals surface area contributed by atoms with Crippen molar-refractivity contribution < 1.29 is 13.6 Å². The van der Waals surface area contributed by atoms with E-state index in [1.807, 2.05) is 24.8 Å².